The molecule has 0 saturated heterocycles. The number of benzene rings is 4. The summed E-state index contributed by atoms with van der Waals surface area (Å²) in [4.78, 5) is 28.1. The molecule has 4 aromatic rings. The predicted molar refractivity (Wildman–Crippen MR) is 163 cm³/mol. The van der Waals surface area contributed by atoms with Gasteiger partial charge in [0.05, 0.1) is 6.10 Å². The smallest absolute Gasteiger partial charge is 0.434 e. The lowest BCUT2D eigenvalue weighted by atomic mass is 10.1. The van der Waals surface area contributed by atoms with Crippen molar-refractivity contribution in [2.75, 3.05) is 6.54 Å². The third-order valence-corrected chi connectivity index (χ3v) is 7.47. The zero-order valence-electron chi connectivity index (χ0n) is 23.7. The number of carbonyl (C=O) groups excluding carboxylic acids is 1. The van der Waals surface area contributed by atoms with Crippen molar-refractivity contribution in [1.82, 2.24) is 10.2 Å². The topological polar surface area (TPSA) is 108 Å². The van der Waals surface area contributed by atoms with Crippen molar-refractivity contribution in [2.45, 2.75) is 44.4 Å². The Morgan fingerprint density at radius 1 is 0.837 bits per heavy atom. The van der Waals surface area contributed by atoms with Crippen LogP contribution in [-0.4, -0.2) is 45.4 Å². The van der Waals surface area contributed by atoms with Gasteiger partial charge in [-0.15, -0.1) is 0 Å². The maximum atomic E-state index is 14.0. The van der Waals surface area contributed by atoms with E-state index in [0.717, 1.165) is 22.3 Å². The summed E-state index contributed by atoms with van der Waals surface area (Å²) in [5, 5.41) is 24.7. The number of nitrogens with zero attached hydrogens (tertiary/aromatic N) is 1. The number of fused-ring (bicyclic) bond motifs is 1. The molecule has 0 fully saturated rings. The lowest BCUT2D eigenvalue weighted by Crippen LogP contribution is -2.59. The zero-order chi connectivity index (χ0) is 30.4. The maximum absolute atomic E-state index is 14.0. The number of aliphatic hydroxyl groups is 1. The van der Waals surface area contributed by atoms with Crippen molar-refractivity contribution in [3.05, 3.63) is 130 Å². The molecule has 1 aliphatic heterocycles. The molecule has 0 radical (unpaired) electrons. The molecule has 5 rings (SSSR count). The standard InChI is InChI=1S/C34H33ClN2O6/c1-23(36-20-29(38)27-13-8-14-28(35)19-27)17-26-15-16-30-31(18-26)43-34(42-30,33(40)41)32(39)37(21-24-9-4-2-5-10-24)22-25-11-6-3-7-12-25/h2-16,18-19,23,29,36,38H,17,20-22H2,1H3,(H,40,41). The quantitative estimate of drug-likeness (QED) is 0.188. The zero-order valence-corrected chi connectivity index (χ0v) is 24.4. The van der Waals surface area contributed by atoms with Gasteiger partial charge in [0.15, 0.2) is 11.5 Å². The Labute approximate surface area is 255 Å². The molecule has 0 saturated carbocycles. The van der Waals surface area contributed by atoms with Gasteiger partial charge in [-0.1, -0.05) is 90.5 Å². The highest BCUT2D eigenvalue weighted by molar-refractivity contribution is 6.30. The number of rotatable bonds is 12. The van der Waals surface area contributed by atoms with E-state index in [0.29, 0.717) is 18.0 Å². The van der Waals surface area contributed by atoms with Gasteiger partial charge >= 0.3 is 17.7 Å². The number of halogens is 1. The number of carboxylic acids is 1. The van der Waals surface area contributed by atoms with Gasteiger partial charge in [-0.05, 0) is 59.9 Å². The molecule has 3 atom stereocenters. The van der Waals surface area contributed by atoms with Crippen molar-refractivity contribution in [2.24, 2.45) is 0 Å². The summed E-state index contributed by atoms with van der Waals surface area (Å²) in [5.41, 5.74) is 3.25. The Morgan fingerprint density at radius 3 is 2.07 bits per heavy atom. The van der Waals surface area contributed by atoms with Crippen molar-refractivity contribution in [3.63, 3.8) is 0 Å². The summed E-state index contributed by atoms with van der Waals surface area (Å²) in [6, 6.07) is 30.9. The van der Waals surface area contributed by atoms with E-state index in [1.54, 1.807) is 30.3 Å². The van der Waals surface area contributed by atoms with Gasteiger partial charge in [0, 0.05) is 30.7 Å². The van der Waals surface area contributed by atoms with Crippen molar-refractivity contribution in [3.8, 4) is 11.5 Å². The van der Waals surface area contributed by atoms with E-state index in [-0.39, 0.29) is 30.6 Å². The molecular formula is C34H33ClN2O6. The fraction of sp³-hybridized carbons (Fsp3) is 0.235. The second-order valence-electron chi connectivity index (χ2n) is 10.6. The van der Waals surface area contributed by atoms with Crippen LogP contribution in [0.5, 0.6) is 11.5 Å². The van der Waals surface area contributed by atoms with Crippen LogP contribution in [0.1, 0.15) is 35.3 Å². The van der Waals surface area contributed by atoms with Crippen molar-refractivity contribution in [1.29, 1.82) is 0 Å². The van der Waals surface area contributed by atoms with Gasteiger partial charge in [-0.3, -0.25) is 4.79 Å². The van der Waals surface area contributed by atoms with E-state index in [1.807, 2.05) is 79.7 Å². The van der Waals surface area contributed by atoms with E-state index in [4.69, 9.17) is 21.1 Å². The van der Waals surface area contributed by atoms with Gasteiger partial charge in [0.1, 0.15) is 0 Å². The van der Waals surface area contributed by atoms with Gasteiger partial charge in [0.2, 0.25) is 0 Å². The van der Waals surface area contributed by atoms with E-state index in [9.17, 15) is 19.8 Å². The number of aliphatic hydroxyl groups excluding tert-OH is 1. The molecule has 43 heavy (non-hydrogen) atoms. The van der Waals surface area contributed by atoms with E-state index < -0.39 is 23.8 Å². The monoisotopic (exact) mass is 600 g/mol. The summed E-state index contributed by atoms with van der Waals surface area (Å²) in [6.45, 7) is 2.64. The maximum Gasteiger partial charge on any atom is 0.434 e. The summed E-state index contributed by atoms with van der Waals surface area (Å²) in [6.07, 6.45) is -0.170. The van der Waals surface area contributed by atoms with E-state index in [2.05, 4.69) is 5.32 Å². The number of hydrogen-bond acceptors (Lipinski definition) is 6. The first-order valence-electron chi connectivity index (χ1n) is 14.0. The van der Waals surface area contributed by atoms with Gasteiger partial charge in [-0.2, -0.15) is 0 Å². The fourth-order valence-corrected chi connectivity index (χ4v) is 5.22. The Hall–Kier alpha value is -4.37. The molecule has 0 bridgehead atoms. The summed E-state index contributed by atoms with van der Waals surface area (Å²) in [5.74, 6) is -4.55. The van der Waals surface area contributed by atoms with Crippen LogP contribution in [0, 0.1) is 0 Å². The molecule has 1 heterocycles. The molecule has 3 unspecified atom stereocenters. The van der Waals surface area contributed by atoms with Crippen LogP contribution in [0.15, 0.2) is 103 Å². The lowest BCUT2D eigenvalue weighted by molar-refractivity contribution is -0.191. The minimum atomic E-state index is -2.56. The van der Waals surface area contributed by atoms with E-state index >= 15 is 0 Å². The Kier molecular flexibility index (Phi) is 9.31. The SMILES string of the molecule is CC(Cc1ccc2c(c1)OC(C(=O)O)(C(=O)N(Cc1ccccc1)Cc1ccccc1)O2)NCC(O)c1cccc(Cl)c1. The molecule has 8 nitrogen and oxygen atoms in total. The summed E-state index contributed by atoms with van der Waals surface area (Å²) >= 11 is 6.04. The summed E-state index contributed by atoms with van der Waals surface area (Å²) < 4.78 is 11.7. The highest BCUT2D eigenvalue weighted by Crippen LogP contribution is 2.41. The average Bonchev–Trinajstić information content (AvgIpc) is 3.41. The fourth-order valence-electron chi connectivity index (χ4n) is 5.03. The number of nitrogens with one attached hydrogen (secondary N) is 1. The van der Waals surface area contributed by atoms with Crippen LogP contribution in [-0.2, 0) is 29.1 Å². The largest absolute Gasteiger partial charge is 0.475 e. The number of aliphatic carboxylic acids is 1. The predicted octanol–water partition coefficient (Wildman–Crippen LogP) is 5.38. The van der Waals surface area contributed by atoms with Crippen LogP contribution in [0.3, 0.4) is 0 Å². The minimum Gasteiger partial charge on any atom is -0.475 e. The van der Waals surface area contributed by atoms with Crippen molar-refractivity contribution >= 4 is 23.5 Å². The number of amides is 1. The van der Waals surface area contributed by atoms with Crippen LogP contribution < -0.4 is 14.8 Å². The first-order chi connectivity index (χ1) is 20.7. The number of carboxylic acid groups (broad SMARTS) is 1. The van der Waals surface area contributed by atoms with Gasteiger partial charge < -0.3 is 29.9 Å². The molecule has 3 N–H and O–H groups in total. The Morgan fingerprint density at radius 2 is 1.47 bits per heavy atom. The summed E-state index contributed by atoms with van der Waals surface area (Å²) in [7, 11) is 0. The molecule has 4 aromatic carbocycles. The van der Waals surface area contributed by atoms with Gasteiger partial charge in [0.25, 0.3) is 0 Å². The number of hydrogen-bond donors (Lipinski definition) is 3. The molecule has 1 aliphatic rings. The first-order valence-corrected chi connectivity index (χ1v) is 14.4. The molecule has 9 heteroatoms. The third kappa shape index (κ3) is 7.17. The highest BCUT2D eigenvalue weighted by atomic mass is 35.5. The van der Waals surface area contributed by atoms with Crippen LogP contribution in [0.4, 0.5) is 0 Å². The molecule has 0 aliphatic carbocycles. The second kappa shape index (κ2) is 13.3. The normalized spacial score (nSPS) is 16.8. The second-order valence-corrected chi connectivity index (χ2v) is 11.1. The average molecular weight is 601 g/mol. The van der Waals surface area contributed by atoms with Crippen LogP contribution >= 0.6 is 11.6 Å². The third-order valence-electron chi connectivity index (χ3n) is 7.23. The Bertz CT molecular complexity index is 1530. The molecule has 222 valence electrons. The van der Waals surface area contributed by atoms with Crippen LogP contribution in [0.2, 0.25) is 5.02 Å². The van der Waals surface area contributed by atoms with E-state index in [1.165, 1.54) is 4.90 Å². The minimum absolute atomic E-state index is 0.0349. The lowest BCUT2D eigenvalue weighted by Gasteiger charge is -2.30. The molecule has 0 aromatic heterocycles. The molecule has 1 amide bonds. The number of carbonyl (C=O) groups is 2. The van der Waals surface area contributed by atoms with Gasteiger partial charge in [-0.25, -0.2) is 4.79 Å². The Balaban J connectivity index is 1.30. The van der Waals surface area contributed by atoms with Crippen LogP contribution in [0.25, 0.3) is 0 Å². The highest BCUT2D eigenvalue weighted by Gasteiger charge is 2.58. The number of ether oxygens (including phenoxy) is 2. The first kappa shape index (κ1) is 30.1. The molecular weight excluding hydrogens is 568 g/mol. The van der Waals surface area contributed by atoms with Crippen molar-refractivity contribution < 1.29 is 29.3 Å². The molecule has 0 spiro atoms.